The zero-order chi connectivity index (χ0) is 15.4. The molecule has 0 aliphatic carbocycles. The number of nitrogens with zero attached hydrogens (tertiary/aromatic N) is 2. The van der Waals surface area contributed by atoms with Gasteiger partial charge in [0, 0.05) is 13.1 Å². The number of pyridine rings is 1. The highest BCUT2D eigenvalue weighted by Crippen LogP contribution is 2.19. The van der Waals surface area contributed by atoms with Gasteiger partial charge in [0.05, 0.1) is 17.4 Å². The number of halogens is 1. The minimum atomic E-state index is -0.163. The van der Waals surface area contributed by atoms with Crippen molar-refractivity contribution in [2.24, 2.45) is 0 Å². The Labute approximate surface area is 129 Å². The van der Waals surface area contributed by atoms with Crippen LogP contribution in [0.5, 0.6) is 0 Å². The molecule has 0 atom stereocenters. The van der Waals surface area contributed by atoms with E-state index in [0.717, 1.165) is 5.56 Å². The van der Waals surface area contributed by atoms with Crippen LogP contribution in [0.1, 0.15) is 28.4 Å². The molecule has 1 aromatic carbocycles. The van der Waals surface area contributed by atoms with Gasteiger partial charge in [0.25, 0.3) is 5.91 Å². The highest BCUT2D eigenvalue weighted by Gasteiger charge is 2.18. The summed E-state index contributed by atoms with van der Waals surface area (Å²) in [5.41, 5.74) is 8.70. The van der Waals surface area contributed by atoms with Crippen molar-refractivity contribution in [3.05, 3.63) is 58.4 Å². The van der Waals surface area contributed by atoms with Gasteiger partial charge in [-0.1, -0.05) is 41.4 Å². The first-order valence-corrected chi connectivity index (χ1v) is 7.15. The number of rotatable bonds is 4. The molecule has 0 unspecified atom stereocenters. The average Bonchev–Trinajstić information content (AvgIpc) is 2.46. The second kappa shape index (κ2) is 6.59. The Kier molecular flexibility index (Phi) is 4.81. The molecule has 0 saturated heterocycles. The van der Waals surface area contributed by atoms with Crippen molar-refractivity contribution in [3.8, 4) is 0 Å². The molecule has 5 heteroatoms. The minimum Gasteiger partial charge on any atom is -0.397 e. The van der Waals surface area contributed by atoms with E-state index in [0.29, 0.717) is 24.3 Å². The predicted molar refractivity (Wildman–Crippen MR) is 85.3 cm³/mol. The summed E-state index contributed by atoms with van der Waals surface area (Å²) in [5, 5.41) is 0.178. The van der Waals surface area contributed by atoms with Crippen molar-refractivity contribution in [3.63, 3.8) is 0 Å². The zero-order valence-electron chi connectivity index (χ0n) is 12.1. The monoisotopic (exact) mass is 303 g/mol. The average molecular weight is 304 g/mol. The van der Waals surface area contributed by atoms with Gasteiger partial charge in [-0.2, -0.15) is 0 Å². The summed E-state index contributed by atoms with van der Waals surface area (Å²) < 4.78 is 0. The van der Waals surface area contributed by atoms with Crippen LogP contribution < -0.4 is 5.73 Å². The van der Waals surface area contributed by atoms with Crippen LogP contribution in [-0.4, -0.2) is 22.3 Å². The number of nitrogen functional groups attached to an aromatic ring is 1. The smallest absolute Gasteiger partial charge is 0.257 e. The van der Waals surface area contributed by atoms with Gasteiger partial charge in [-0.15, -0.1) is 0 Å². The molecule has 1 aromatic heterocycles. The van der Waals surface area contributed by atoms with Crippen LogP contribution in [0.3, 0.4) is 0 Å². The standard InChI is InChI=1S/C16H18ClN3O/c1-3-20(10-12-6-4-5-11(2)7-12)16(21)14-8-13(18)9-19-15(14)17/h4-9H,3,10,18H2,1-2H3. The number of carbonyl (C=O) groups is 1. The van der Waals surface area contributed by atoms with Gasteiger partial charge in [0.15, 0.2) is 0 Å². The molecule has 1 amide bonds. The molecule has 4 nitrogen and oxygen atoms in total. The summed E-state index contributed by atoms with van der Waals surface area (Å²) >= 11 is 6.01. The van der Waals surface area contributed by atoms with Gasteiger partial charge in [-0.3, -0.25) is 4.79 Å². The van der Waals surface area contributed by atoms with E-state index in [1.807, 2.05) is 32.0 Å². The largest absolute Gasteiger partial charge is 0.397 e. The van der Waals surface area contributed by atoms with Gasteiger partial charge < -0.3 is 10.6 Å². The molecule has 0 saturated carbocycles. The first-order valence-electron chi connectivity index (χ1n) is 6.77. The molecule has 2 N–H and O–H groups in total. The normalized spacial score (nSPS) is 10.4. The van der Waals surface area contributed by atoms with E-state index in [4.69, 9.17) is 17.3 Å². The molecule has 110 valence electrons. The van der Waals surface area contributed by atoms with Crippen LogP contribution >= 0.6 is 11.6 Å². The second-order valence-corrected chi connectivity index (χ2v) is 5.27. The van der Waals surface area contributed by atoms with Crippen molar-refractivity contribution in [2.45, 2.75) is 20.4 Å². The van der Waals surface area contributed by atoms with Gasteiger partial charge in [0.2, 0.25) is 0 Å². The quantitative estimate of drug-likeness (QED) is 0.882. The number of hydrogen-bond donors (Lipinski definition) is 1. The molecule has 1 heterocycles. The Balaban J connectivity index is 2.24. The third kappa shape index (κ3) is 3.73. The fourth-order valence-corrected chi connectivity index (χ4v) is 2.33. The molecule has 0 bridgehead atoms. The van der Waals surface area contributed by atoms with E-state index < -0.39 is 0 Å². The Hall–Kier alpha value is -2.07. The van der Waals surface area contributed by atoms with E-state index in [9.17, 15) is 4.79 Å². The maximum Gasteiger partial charge on any atom is 0.257 e. The van der Waals surface area contributed by atoms with Gasteiger partial charge in [0.1, 0.15) is 5.15 Å². The number of anilines is 1. The van der Waals surface area contributed by atoms with Crippen LogP contribution in [0.4, 0.5) is 5.69 Å². The Morgan fingerprint density at radius 1 is 1.38 bits per heavy atom. The van der Waals surface area contributed by atoms with Gasteiger partial charge >= 0.3 is 0 Å². The Morgan fingerprint density at radius 3 is 2.81 bits per heavy atom. The molecule has 0 aliphatic heterocycles. The van der Waals surface area contributed by atoms with Crippen molar-refractivity contribution in [2.75, 3.05) is 12.3 Å². The minimum absolute atomic E-state index is 0.163. The van der Waals surface area contributed by atoms with Crippen molar-refractivity contribution < 1.29 is 4.79 Å². The summed E-state index contributed by atoms with van der Waals surface area (Å²) in [4.78, 5) is 18.2. The third-order valence-electron chi connectivity index (χ3n) is 3.22. The van der Waals surface area contributed by atoms with Crippen LogP contribution in [0.25, 0.3) is 0 Å². The van der Waals surface area contributed by atoms with E-state index in [2.05, 4.69) is 11.1 Å². The van der Waals surface area contributed by atoms with E-state index in [1.54, 1.807) is 11.0 Å². The summed E-state index contributed by atoms with van der Waals surface area (Å²) in [7, 11) is 0. The number of aromatic nitrogens is 1. The van der Waals surface area contributed by atoms with Crippen LogP contribution in [0, 0.1) is 6.92 Å². The summed E-state index contributed by atoms with van der Waals surface area (Å²) in [6.07, 6.45) is 1.44. The number of amides is 1. The zero-order valence-corrected chi connectivity index (χ0v) is 12.9. The van der Waals surface area contributed by atoms with E-state index >= 15 is 0 Å². The van der Waals surface area contributed by atoms with Crippen LogP contribution in [-0.2, 0) is 6.54 Å². The lowest BCUT2D eigenvalue weighted by molar-refractivity contribution is 0.0752. The molecule has 0 radical (unpaired) electrons. The summed E-state index contributed by atoms with van der Waals surface area (Å²) in [6, 6.07) is 9.65. The molecule has 2 rings (SSSR count). The molecule has 2 aromatic rings. The second-order valence-electron chi connectivity index (χ2n) is 4.92. The van der Waals surface area contributed by atoms with Gasteiger partial charge in [-0.25, -0.2) is 4.98 Å². The summed E-state index contributed by atoms with van der Waals surface area (Å²) in [5.74, 6) is -0.163. The lowest BCUT2D eigenvalue weighted by atomic mass is 10.1. The van der Waals surface area contributed by atoms with Crippen molar-refractivity contribution >= 4 is 23.2 Å². The first kappa shape index (κ1) is 15.3. The van der Waals surface area contributed by atoms with Crippen molar-refractivity contribution in [1.29, 1.82) is 0 Å². The number of nitrogens with two attached hydrogens (primary N) is 1. The van der Waals surface area contributed by atoms with Crippen LogP contribution in [0.2, 0.25) is 5.15 Å². The fourth-order valence-electron chi connectivity index (χ4n) is 2.14. The molecule has 0 spiro atoms. The Morgan fingerprint density at radius 2 is 2.14 bits per heavy atom. The maximum atomic E-state index is 12.6. The number of carbonyl (C=O) groups excluding carboxylic acids is 1. The topological polar surface area (TPSA) is 59.2 Å². The van der Waals surface area contributed by atoms with E-state index in [-0.39, 0.29) is 11.1 Å². The fraction of sp³-hybridized carbons (Fsp3) is 0.250. The highest BCUT2D eigenvalue weighted by molar-refractivity contribution is 6.32. The number of hydrogen-bond acceptors (Lipinski definition) is 3. The lowest BCUT2D eigenvalue weighted by Crippen LogP contribution is -2.30. The SMILES string of the molecule is CCN(Cc1cccc(C)c1)C(=O)c1cc(N)cnc1Cl. The van der Waals surface area contributed by atoms with E-state index in [1.165, 1.54) is 11.8 Å². The van der Waals surface area contributed by atoms with Crippen LogP contribution in [0.15, 0.2) is 36.5 Å². The predicted octanol–water partition coefficient (Wildman–Crippen LogP) is 3.29. The van der Waals surface area contributed by atoms with Crippen molar-refractivity contribution in [1.82, 2.24) is 9.88 Å². The third-order valence-corrected chi connectivity index (χ3v) is 3.52. The molecular formula is C16H18ClN3O. The summed E-state index contributed by atoms with van der Waals surface area (Å²) in [6.45, 7) is 5.07. The molecule has 0 fully saturated rings. The molecule has 0 aliphatic rings. The number of aryl methyl sites for hydroxylation is 1. The molecular weight excluding hydrogens is 286 g/mol. The number of benzene rings is 1. The van der Waals surface area contributed by atoms with Gasteiger partial charge in [-0.05, 0) is 25.5 Å². The maximum absolute atomic E-state index is 12.6. The first-order chi connectivity index (χ1) is 10.0. The lowest BCUT2D eigenvalue weighted by Gasteiger charge is -2.21. The highest BCUT2D eigenvalue weighted by atomic mass is 35.5. The Bertz CT molecular complexity index is 658. The molecule has 21 heavy (non-hydrogen) atoms.